The van der Waals surface area contributed by atoms with E-state index in [0.717, 1.165) is 43.4 Å². The number of nitrogen functional groups attached to an aromatic ring is 1. The number of anilines is 1. The number of nitrogens with zero attached hydrogens (tertiary/aromatic N) is 4. The maximum atomic E-state index is 12.7. The van der Waals surface area contributed by atoms with Crippen molar-refractivity contribution in [3.8, 4) is 0 Å². The number of amides is 1. The molecule has 1 aromatic carbocycles. The Morgan fingerprint density at radius 3 is 2.79 bits per heavy atom. The average molecular weight is 327 g/mol. The summed E-state index contributed by atoms with van der Waals surface area (Å²) in [6.45, 7) is 7.00. The third kappa shape index (κ3) is 3.19. The van der Waals surface area contributed by atoms with Crippen molar-refractivity contribution in [2.75, 3.05) is 25.4 Å². The first kappa shape index (κ1) is 16.6. The predicted molar refractivity (Wildman–Crippen MR) is 95.3 cm³/mol. The highest BCUT2D eigenvalue weighted by atomic mass is 16.2. The smallest absolute Gasteiger partial charge is 0.239 e. The van der Waals surface area contributed by atoms with Crippen LogP contribution in [0.4, 0.5) is 5.82 Å². The molecule has 1 saturated heterocycles. The summed E-state index contributed by atoms with van der Waals surface area (Å²) in [7, 11) is 0. The van der Waals surface area contributed by atoms with Gasteiger partial charge in [0.1, 0.15) is 11.6 Å². The summed E-state index contributed by atoms with van der Waals surface area (Å²) in [4.78, 5) is 25.9. The predicted octanol–water partition coefficient (Wildman–Crippen LogP) is 2.04. The Morgan fingerprint density at radius 2 is 2.04 bits per heavy atom. The van der Waals surface area contributed by atoms with E-state index in [-0.39, 0.29) is 11.9 Å². The first-order valence-corrected chi connectivity index (χ1v) is 8.68. The van der Waals surface area contributed by atoms with Gasteiger partial charge in [-0.25, -0.2) is 9.97 Å². The summed E-state index contributed by atoms with van der Waals surface area (Å²) in [5.74, 6) is 1.40. The van der Waals surface area contributed by atoms with Gasteiger partial charge in [0, 0.05) is 18.5 Å². The maximum Gasteiger partial charge on any atom is 0.239 e. The van der Waals surface area contributed by atoms with Crippen LogP contribution in [0, 0.1) is 0 Å². The second-order valence-corrected chi connectivity index (χ2v) is 6.18. The topological polar surface area (TPSA) is 75.4 Å². The Labute approximate surface area is 142 Å². The Hall–Kier alpha value is -2.21. The highest BCUT2D eigenvalue weighted by molar-refractivity contribution is 5.87. The van der Waals surface area contributed by atoms with Crippen molar-refractivity contribution in [3.05, 3.63) is 30.1 Å². The van der Waals surface area contributed by atoms with Crippen LogP contribution in [0.15, 0.2) is 24.3 Å². The van der Waals surface area contributed by atoms with Gasteiger partial charge in [-0.15, -0.1) is 0 Å². The molecule has 6 heteroatoms. The molecule has 1 aliphatic rings. The molecule has 3 rings (SSSR count). The van der Waals surface area contributed by atoms with Gasteiger partial charge in [-0.1, -0.05) is 12.1 Å². The second-order valence-electron chi connectivity index (χ2n) is 6.18. The first-order chi connectivity index (χ1) is 11.6. The maximum absolute atomic E-state index is 12.7. The van der Waals surface area contributed by atoms with Crippen molar-refractivity contribution >= 4 is 22.6 Å². The van der Waals surface area contributed by atoms with Crippen molar-refractivity contribution in [2.24, 2.45) is 0 Å². The third-order valence-corrected chi connectivity index (χ3v) is 4.75. The number of likely N-dealkylation sites (tertiary alicyclic amines) is 1. The van der Waals surface area contributed by atoms with Gasteiger partial charge in [0.05, 0.1) is 18.1 Å². The number of hydrogen-bond donors (Lipinski definition) is 1. The Morgan fingerprint density at radius 1 is 1.29 bits per heavy atom. The molecule has 0 saturated carbocycles. The number of nitrogens with two attached hydrogens (primary N) is 1. The molecule has 0 spiro atoms. The van der Waals surface area contributed by atoms with Crippen LogP contribution in [-0.2, 0) is 11.3 Å². The molecule has 0 unspecified atom stereocenters. The zero-order valence-corrected chi connectivity index (χ0v) is 14.4. The van der Waals surface area contributed by atoms with Crippen LogP contribution < -0.4 is 5.73 Å². The quantitative estimate of drug-likeness (QED) is 0.909. The van der Waals surface area contributed by atoms with Gasteiger partial charge in [-0.2, -0.15) is 0 Å². The number of fused-ring (bicyclic) bond motifs is 1. The summed E-state index contributed by atoms with van der Waals surface area (Å²) >= 11 is 0. The minimum Gasteiger partial charge on any atom is -0.383 e. The lowest BCUT2D eigenvalue weighted by Crippen LogP contribution is -2.45. The first-order valence-electron chi connectivity index (χ1n) is 8.68. The van der Waals surface area contributed by atoms with Crippen molar-refractivity contribution in [1.82, 2.24) is 19.8 Å². The molecule has 1 aromatic heterocycles. The summed E-state index contributed by atoms with van der Waals surface area (Å²) in [5, 5.41) is 0.874. The van der Waals surface area contributed by atoms with Gasteiger partial charge < -0.3 is 10.6 Å². The molecular formula is C18H25N5O. The number of rotatable bonds is 5. The lowest BCUT2D eigenvalue weighted by atomic mass is 10.2. The van der Waals surface area contributed by atoms with E-state index in [9.17, 15) is 4.79 Å². The van der Waals surface area contributed by atoms with Gasteiger partial charge in [0.25, 0.3) is 0 Å². The average Bonchev–Trinajstić information content (AvgIpc) is 3.04. The SMILES string of the molecule is CCN(CC)C(=O)[C@H]1CCCN1Cc1nc(N)c2ccccc2n1. The van der Waals surface area contributed by atoms with Crippen molar-refractivity contribution in [1.29, 1.82) is 0 Å². The fourth-order valence-corrected chi connectivity index (χ4v) is 3.44. The molecule has 24 heavy (non-hydrogen) atoms. The van der Waals surface area contributed by atoms with Crippen molar-refractivity contribution in [3.63, 3.8) is 0 Å². The summed E-state index contributed by atoms with van der Waals surface area (Å²) in [6.07, 6.45) is 1.93. The molecule has 2 aromatic rings. The fourth-order valence-electron chi connectivity index (χ4n) is 3.44. The van der Waals surface area contributed by atoms with Gasteiger partial charge in [0.2, 0.25) is 5.91 Å². The van der Waals surface area contributed by atoms with Crippen molar-refractivity contribution < 1.29 is 4.79 Å². The molecular weight excluding hydrogens is 302 g/mol. The molecule has 1 amide bonds. The van der Waals surface area contributed by atoms with E-state index >= 15 is 0 Å². The molecule has 2 heterocycles. The second kappa shape index (κ2) is 7.13. The lowest BCUT2D eigenvalue weighted by Gasteiger charge is -2.28. The van der Waals surface area contributed by atoms with Gasteiger partial charge in [-0.05, 0) is 45.4 Å². The molecule has 0 bridgehead atoms. The van der Waals surface area contributed by atoms with Crippen LogP contribution in [0.2, 0.25) is 0 Å². The number of benzene rings is 1. The minimum atomic E-state index is -0.0683. The fraction of sp³-hybridized carbons (Fsp3) is 0.500. The Kier molecular flexibility index (Phi) is 4.94. The summed E-state index contributed by atoms with van der Waals surface area (Å²) in [5.41, 5.74) is 6.92. The number of carbonyl (C=O) groups is 1. The highest BCUT2D eigenvalue weighted by Crippen LogP contribution is 2.23. The van der Waals surface area contributed by atoms with Crippen LogP contribution in [0.5, 0.6) is 0 Å². The summed E-state index contributed by atoms with van der Waals surface area (Å²) < 4.78 is 0. The van der Waals surface area contributed by atoms with E-state index < -0.39 is 0 Å². The molecule has 1 fully saturated rings. The molecule has 2 N–H and O–H groups in total. The van der Waals surface area contributed by atoms with E-state index in [1.54, 1.807) is 0 Å². The molecule has 128 valence electrons. The minimum absolute atomic E-state index is 0.0683. The number of carbonyl (C=O) groups excluding carboxylic acids is 1. The van der Waals surface area contributed by atoms with E-state index in [4.69, 9.17) is 5.73 Å². The van der Waals surface area contributed by atoms with Crippen molar-refractivity contribution in [2.45, 2.75) is 39.3 Å². The van der Waals surface area contributed by atoms with Crippen LogP contribution in [0.25, 0.3) is 10.9 Å². The number of likely N-dealkylation sites (N-methyl/N-ethyl adjacent to an activating group) is 1. The number of para-hydroxylation sites is 1. The van der Waals surface area contributed by atoms with Crippen LogP contribution in [0.1, 0.15) is 32.5 Å². The molecule has 0 radical (unpaired) electrons. The molecule has 1 atom stereocenters. The molecule has 0 aliphatic carbocycles. The molecule has 6 nitrogen and oxygen atoms in total. The normalized spacial score (nSPS) is 18.2. The highest BCUT2D eigenvalue weighted by Gasteiger charge is 2.33. The van der Waals surface area contributed by atoms with Gasteiger partial charge >= 0.3 is 0 Å². The Bertz CT molecular complexity index is 728. The zero-order valence-electron chi connectivity index (χ0n) is 14.4. The third-order valence-electron chi connectivity index (χ3n) is 4.75. The van der Waals surface area contributed by atoms with E-state index in [2.05, 4.69) is 14.9 Å². The number of hydrogen-bond acceptors (Lipinski definition) is 5. The van der Waals surface area contributed by atoms with Gasteiger partial charge in [0.15, 0.2) is 0 Å². The number of aromatic nitrogens is 2. The monoisotopic (exact) mass is 327 g/mol. The largest absolute Gasteiger partial charge is 0.383 e. The van der Waals surface area contributed by atoms with Crippen LogP contribution >= 0.6 is 0 Å². The zero-order chi connectivity index (χ0) is 17.1. The van der Waals surface area contributed by atoms with E-state index in [1.807, 2.05) is 43.0 Å². The van der Waals surface area contributed by atoms with E-state index in [1.165, 1.54) is 0 Å². The van der Waals surface area contributed by atoms with Crippen LogP contribution in [0.3, 0.4) is 0 Å². The van der Waals surface area contributed by atoms with E-state index in [0.29, 0.717) is 18.2 Å². The lowest BCUT2D eigenvalue weighted by molar-refractivity contribution is -0.135. The van der Waals surface area contributed by atoms with Crippen LogP contribution in [-0.4, -0.2) is 51.4 Å². The standard InChI is InChI=1S/C18H25N5O/c1-3-22(4-2)18(24)15-10-7-11-23(15)12-16-20-14-9-6-5-8-13(14)17(19)21-16/h5-6,8-9,15H,3-4,7,10-12H2,1-2H3,(H2,19,20,21)/t15-/m1/s1. The summed E-state index contributed by atoms with van der Waals surface area (Å²) in [6, 6.07) is 7.68. The van der Waals surface area contributed by atoms with Gasteiger partial charge in [-0.3, -0.25) is 9.69 Å². The Balaban J connectivity index is 1.81. The molecule has 1 aliphatic heterocycles.